The first-order valence-corrected chi connectivity index (χ1v) is 7.49. The van der Waals surface area contributed by atoms with Gasteiger partial charge in [-0.05, 0) is 24.8 Å². The summed E-state index contributed by atoms with van der Waals surface area (Å²) in [6, 6.07) is 9.59. The number of hydrogen-bond donors (Lipinski definition) is 1. The summed E-state index contributed by atoms with van der Waals surface area (Å²) in [6.45, 7) is 1.29. The number of hydrogen-bond acceptors (Lipinski definition) is 4. The molecular weight excluding hydrogens is 270 g/mol. The Bertz CT molecular complexity index is 478. The van der Waals surface area contributed by atoms with E-state index in [0.717, 1.165) is 12.0 Å². The molecule has 5 nitrogen and oxygen atoms in total. The largest absolute Gasteiger partial charge is 0.445 e. The number of carbonyl (C=O) groups excluding carboxylic acids is 1. The third-order valence-corrected chi connectivity index (χ3v) is 4.20. The smallest absolute Gasteiger partial charge is 0.410 e. The maximum atomic E-state index is 12.4. The molecule has 2 aliphatic heterocycles. The van der Waals surface area contributed by atoms with Gasteiger partial charge in [0.15, 0.2) is 0 Å². The summed E-state index contributed by atoms with van der Waals surface area (Å²) in [5.41, 5.74) is 0.974. The lowest BCUT2D eigenvalue weighted by Gasteiger charge is -2.39. The maximum absolute atomic E-state index is 12.4. The first-order valence-electron chi connectivity index (χ1n) is 7.49. The summed E-state index contributed by atoms with van der Waals surface area (Å²) in [5.74, 6) is 0. The predicted octanol–water partition coefficient (Wildman–Crippen LogP) is 1.94. The fraction of sp³-hybridized carbons (Fsp3) is 0.562. The first kappa shape index (κ1) is 14.4. The Morgan fingerprint density at radius 3 is 2.81 bits per heavy atom. The summed E-state index contributed by atoms with van der Waals surface area (Å²) in [5, 5.41) is 9.91. The number of carbonyl (C=O) groups is 1. The van der Waals surface area contributed by atoms with Crippen molar-refractivity contribution in [1.82, 2.24) is 4.90 Å². The summed E-state index contributed by atoms with van der Waals surface area (Å²) in [4.78, 5) is 14.2. The molecule has 0 saturated carbocycles. The Balaban J connectivity index is 1.65. The van der Waals surface area contributed by atoms with Crippen molar-refractivity contribution in [3.05, 3.63) is 35.9 Å². The highest BCUT2D eigenvalue weighted by Gasteiger charge is 2.39. The molecule has 2 fully saturated rings. The molecule has 1 N–H and O–H groups in total. The molecule has 1 aromatic rings. The topological polar surface area (TPSA) is 59.0 Å². The average Bonchev–Trinajstić information content (AvgIpc) is 2.60. The van der Waals surface area contributed by atoms with Crippen LogP contribution in [0.4, 0.5) is 4.79 Å². The molecule has 2 aliphatic rings. The van der Waals surface area contributed by atoms with Crippen molar-refractivity contribution in [3.63, 3.8) is 0 Å². The number of rotatable bonds is 2. The molecule has 3 unspecified atom stereocenters. The Hall–Kier alpha value is -1.59. The van der Waals surface area contributed by atoms with Crippen molar-refractivity contribution in [2.45, 2.75) is 44.1 Å². The molecule has 0 aromatic heterocycles. The van der Waals surface area contributed by atoms with Crippen molar-refractivity contribution in [2.75, 3.05) is 13.2 Å². The highest BCUT2D eigenvalue weighted by Crippen LogP contribution is 2.27. The minimum absolute atomic E-state index is 0.0178. The second kappa shape index (κ2) is 6.45. The van der Waals surface area contributed by atoms with Gasteiger partial charge in [0.05, 0.1) is 31.4 Å². The number of aliphatic hydroxyl groups excluding tert-OH is 1. The van der Waals surface area contributed by atoms with E-state index in [-0.39, 0.29) is 30.9 Å². The average molecular weight is 291 g/mol. The number of amides is 1. The van der Waals surface area contributed by atoms with E-state index in [9.17, 15) is 9.90 Å². The molecule has 3 rings (SSSR count). The fourth-order valence-electron chi connectivity index (χ4n) is 3.11. The number of fused-ring (bicyclic) bond motifs is 2. The van der Waals surface area contributed by atoms with Gasteiger partial charge in [0, 0.05) is 0 Å². The van der Waals surface area contributed by atoms with E-state index in [1.807, 2.05) is 30.3 Å². The molecule has 2 bridgehead atoms. The van der Waals surface area contributed by atoms with Gasteiger partial charge in [-0.25, -0.2) is 4.79 Å². The molecule has 1 amide bonds. The second-order valence-electron chi connectivity index (χ2n) is 5.76. The molecule has 3 atom stereocenters. The summed E-state index contributed by atoms with van der Waals surface area (Å²) >= 11 is 0. The quantitative estimate of drug-likeness (QED) is 0.904. The van der Waals surface area contributed by atoms with Gasteiger partial charge in [-0.1, -0.05) is 30.3 Å². The third kappa shape index (κ3) is 3.36. The third-order valence-electron chi connectivity index (χ3n) is 4.20. The minimum atomic E-state index is -0.355. The van der Waals surface area contributed by atoms with Crippen LogP contribution in [0.1, 0.15) is 24.8 Å². The molecule has 2 heterocycles. The maximum Gasteiger partial charge on any atom is 0.410 e. The molecule has 5 heteroatoms. The molecule has 0 aliphatic carbocycles. The monoisotopic (exact) mass is 291 g/mol. The van der Waals surface area contributed by atoms with Gasteiger partial charge in [-0.3, -0.25) is 4.90 Å². The van der Waals surface area contributed by atoms with Crippen molar-refractivity contribution in [3.8, 4) is 0 Å². The van der Waals surface area contributed by atoms with Crippen LogP contribution in [0.3, 0.4) is 0 Å². The van der Waals surface area contributed by atoms with Gasteiger partial charge in [0.1, 0.15) is 6.61 Å². The van der Waals surface area contributed by atoms with Crippen molar-refractivity contribution in [1.29, 1.82) is 0 Å². The lowest BCUT2D eigenvalue weighted by Crippen LogP contribution is -2.54. The second-order valence-corrected chi connectivity index (χ2v) is 5.76. The lowest BCUT2D eigenvalue weighted by atomic mass is 10.1. The van der Waals surface area contributed by atoms with Gasteiger partial charge in [0.2, 0.25) is 0 Å². The molecule has 0 radical (unpaired) electrons. The highest BCUT2D eigenvalue weighted by atomic mass is 16.6. The van der Waals surface area contributed by atoms with Crippen LogP contribution in [-0.2, 0) is 16.1 Å². The van der Waals surface area contributed by atoms with Gasteiger partial charge in [-0.15, -0.1) is 0 Å². The van der Waals surface area contributed by atoms with Gasteiger partial charge >= 0.3 is 6.09 Å². The van der Waals surface area contributed by atoms with Crippen LogP contribution in [0.2, 0.25) is 0 Å². The van der Waals surface area contributed by atoms with E-state index in [2.05, 4.69) is 0 Å². The fourth-order valence-corrected chi connectivity index (χ4v) is 3.11. The van der Waals surface area contributed by atoms with Crippen LogP contribution in [-0.4, -0.2) is 47.5 Å². The SMILES string of the molecule is O=C(OCc1ccccc1)N1C2CCC(O)CC1COC2. The van der Waals surface area contributed by atoms with E-state index in [1.54, 1.807) is 4.90 Å². The Morgan fingerprint density at radius 2 is 2.00 bits per heavy atom. The van der Waals surface area contributed by atoms with Gasteiger partial charge in [0.25, 0.3) is 0 Å². The Kier molecular flexibility index (Phi) is 4.41. The number of ether oxygens (including phenoxy) is 2. The van der Waals surface area contributed by atoms with Gasteiger partial charge in [-0.2, -0.15) is 0 Å². The van der Waals surface area contributed by atoms with Crippen LogP contribution < -0.4 is 0 Å². The molecule has 2 saturated heterocycles. The minimum Gasteiger partial charge on any atom is -0.445 e. The van der Waals surface area contributed by atoms with Crippen LogP contribution in [0.25, 0.3) is 0 Å². The van der Waals surface area contributed by atoms with Crippen molar-refractivity contribution < 1.29 is 19.4 Å². The molecule has 0 spiro atoms. The van der Waals surface area contributed by atoms with Crippen LogP contribution >= 0.6 is 0 Å². The first-order chi connectivity index (χ1) is 10.2. The van der Waals surface area contributed by atoms with E-state index >= 15 is 0 Å². The van der Waals surface area contributed by atoms with Crippen LogP contribution in [0.5, 0.6) is 0 Å². The number of nitrogens with zero attached hydrogens (tertiary/aromatic N) is 1. The summed E-state index contributed by atoms with van der Waals surface area (Å²) in [6.07, 6.45) is 1.39. The number of aliphatic hydroxyl groups is 1. The summed E-state index contributed by atoms with van der Waals surface area (Å²) in [7, 11) is 0. The molecular formula is C16H21NO4. The standard InChI is InChI=1S/C16H21NO4/c18-15-7-6-13-10-20-11-14(8-15)17(13)16(19)21-9-12-4-2-1-3-5-12/h1-5,13-15,18H,6-11H2. The van der Waals surface area contributed by atoms with Crippen molar-refractivity contribution >= 4 is 6.09 Å². The van der Waals surface area contributed by atoms with E-state index in [1.165, 1.54) is 0 Å². The molecule has 1 aromatic carbocycles. The van der Waals surface area contributed by atoms with Crippen LogP contribution in [0.15, 0.2) is 30.3 Å². The predicted molar refractivity (Wildman–Crippen MR) is 76.7 cm³/mol. The Labute approximate surface area is 124 Å². The number of morpholine rings is 1. The molecule has 114 valence electrons. The summed E-state index contributed by atoms with van der Waals surface area (Å²) < 4.78 is 11.0. The zero-order chi connectivity index (χ0) is 14.7. The normalized spacial score (nSPS) is 28.8. The lowest BCUT2D eigenvalue weighted by molar-refractivity contribution is -0.0463. The van der Waals surface area contributed by atoms with E-state index in [4.69, 9.17) is 9.47 Å². The highest BCUT2D eigenvalue weighted by molar-refractivity contribution is 5.68. The van der Waals surface area contributed by atoms with E-state index in [0.29, 0.717) is 26.1 Å². The van der Waals surface area contributed by atoms with Crippen LogP contribution in [0, 0.1) is 0 Å². The zero-order valence-electron chi connectivity index (χ0n) is 12.0. The molecule has 21 heavy (non-hydrogen) atoms. The van der Waals surface area contributed by atoms with Gasteiger partial charge < -0.3 is 14.6 Å². The Morgan fingerprint density at radius 1 is 1.24 bits per heavy atom. The van der Waals surface area contributed by atoms with E-state index < -0.39 is 0 Å². The zero-order valence-corrected chi connectivity index (χ0v) is 12.0. The number of benzene rings is 1. The van der Waals surface area contributed by atoms with Crippen molar-refractivity contribution in [2.24, 2.45) is 0 Å².